The Labute approximate surface area is 173 Å². The molecule has 6 nitrogen and oxygen atoms in total. The van der Waals surface area contributed by atoms with E-state index in [-0.39, 0.29) is 0 Å². The highest BCUT2D eigenvalue weighted by Gasteiger charge is 2.05. The molecule has 152 valence electrons. The van der Waals surface area contributed by atoms with Crippen molar-refractivity contribution in [3.63, 3.8) is 0 Å². The lowest BCUT2D eigenvalue weighted by Gasteiger charge is -2.20. The van der Waals surface area contributed by atoms with Crippen LogP contribution in [0.2, 0.25) is 0 Å². The van der Waals surface area contributed by atoms with Gasteiger partial charge in [-0.1, -0.05) is 42.5 Å². The molecule has 0 amide bonds. The van der Waals surface area contributed by atoms with Crippen LogP contribution in [0.1, 0.15) is 17.5 Å². The van der Waals surface area contributed by atoms with Gasteiger partial charge in [-0.25, -0.2) is 0 Å². The third-order valence-corrected chi connectivity index (χ3v) is 4.84. The SMILES string of the molecule is CN=C(NCCCN(C)c1ccccc1)NCc1ccccc1Cn1cccn1. The first-order valence-electron chi connectivity index (χ1n) is 10.0. The number of guanidine groups is 1. The molecule has 2 aromatic carbocycles. The minimum atomic E-state index is 0.723. The highest BCUT2D eigenvalue weighted by molar-refractivity contribution is 5.79. The Kier molecular flexibility index (Phi) is 7.69. The van der Waals surface area contributed by atoms with Crippen LogP contribution in [0, 0.1) is 0 Å². The number of nitrogens with one attached hydrogen (secondary N) is 2. The molecule has 1 heterocycles. The first kappa shape index (κ1) is 20.5. The Morgan fingerprint density at radius 1 is 1.00 bits per heavy atom. The van der Waals surface area contributed by atoms with Crippen molar-refractivity contribution in [2.45, 2.75) is 19.5 Å². The average Bonchev–Trinajstić information content (AvgIpc) is 3.28. The number of rotatable bonds is 9. The molecule has 6 heteroatoms. The van der Waals surface area contributed by atoms with Crippen LogP contribution in [0.5, 0.6) is 0 Å². The van der Waals surface area contributed by atoms with Crippen LogP contribution < -0.4 is 15.5 Å². The number of hydrogen-bond acceptors (Lipinski definition) is 3. The van der Waals surface area contributed by atoms with Crippen molar-refractivity contribution in [1.82, 2.24) is 20.4 Å². The van der Waals surface area contributed by atoms with Crippen molar-refractivity contribution < 1.29 is 0 Å². The van der Waals surface area contributed by atoms with E-state index in [9.17, 15) is 0 Å². The Hall–Kier alpha value is -3.28. The summed E-state index contributed by atoms with van der Waals surface area (Å²) in [4.78, 5) is 6.61. The number of hydrogen-bond donors (Lipinski definition) is 2. The molecule has 3 aromatic rings. The monoisotopic (exact) mass is 390 g/mol. The van der Waals surface area contributed by atoms with Gasteiger partial charge in [-0.15, -0.1) is 0 Å². The average molecular weight is 391 g/mol. The van der Waals surface area contributed by atoms with Gasteiger partial charge in [0.2, 0.25) is 0 Å². The highest BCUT2D eigenvalue weighted by atomic mass is 15.3. The van der Waals surface area contributed by atoms with Gasteiger partial charge in [0.15, 0.2) is 5.96 Å². The molecule has 0 bridgehead atoms. The summed E-state index contributed by atoms with van der Waals surface area (Å²) in [5.41, 5.74) is 3.74. The van der Waals surface area contributed by atoms with E-state index in [1.165, 1.54) is 16.8 Å². The molecular weight excluding hydrogens is 360 g/mol. The molecule has 0 aliphatic rings. The number of anilines is 1. The summed E-state index contributed by atoms with van der Waals surface area (Å²) >= 11 is 0. The number of para-hydroxylation sites is 1. The van der Waals surface area contributed by atoms with E-state index in [1.54, 1.807) is 7.05 Å². The Morgan fingerprint density at radius 3 is 2.48 bits per heavy atom. The Balaban J connectivity index is 1.44. The topological polar surface area (TPSA) is 57.5 Å². The third-order valence-electron chi connectivity index (χ3n) is 4.84. The lowest BCUT2D eigenvalue weighted by atomic mass is 10.1. The molecule has 3 rings (SSSR count). The van der Waals surface area contributed by atoms with Gasteiger partial charge in [0.25, 0.3) is 0 Å². The summed E-state index contributed by atoms with van der Waals surface area (Å²) in [6.45, 7) is 3.34. The van der Waals surface area contributed by atoms with E-state index < -0.39 is 0 Å². The smallest absolute Gasteiger partial charge is 0.191 e. The van der Waals surface area contributed by atoms with Crippen LogP contribution in [0.4, 0.5) is 5.69 Å². The minimum absolute atomic E-state index is 0.723. The second kappa shape index (κ2) is 10.9. The van der Waals surface area contributed by atoms with Crippen LogP contribution in [0.25, 0.3) is 0 Å². The summed E-state index contributed by atoms with van der Waals surface area (Å²) in [5.74, 6) is 0.821. The fourth-order valence-electron chi connectivity index (χ4n) is 3.19. The van der Waals surface area contributed by atoms with Crippen LogP contribution in [0.15, 0.2) is 78.0 Å². The lowest BCUT2D eigenvalue weighted by Crippen LogP contribution is -2.38. The first-order valence-corrected chi connectivity index (χ1v) is 10.0. The second-order valence-corrected chi connectivity index (χ2v) is 6.94. The number of benzene rings is 2. The van der Waals surface area contributed by atoms with Crippen molar-refractivity contribution in [2.75, 3.05) is 32.1 Å². The maximum absolute atomic E-state index is 4.35. The second-order valence-electron chi connectivity index (χ2n) is 6.94. The normalized spacial score (nSPS) is 11.3. The van der Waals surface area contributed by atoms with E-state index in [1.807, 2.05) is 29.2 Å². The Bertz CT molecular complexity index is 873. The largest absolute Gasteiger partial charge is 0.375 e. The number of nitrogens with zero attached hydrogens (tertiary/aromatic N) is 4. The molecular formula is C23H30N6. The Morgan fingerprint density at radius 2 is 1.76 bits per heavy atom. The van der Waals surface area contributed by atoms with Crippen LogP contribution in [-0.2, 0) is 13.1 Å². The predicted octanol–water partition coefficient (Wildman–Crippen LogP) is 3.12. The van der Waals surface area contributed by atoms with Crippen molar-refractivity contribution in [2.24, 2.45) is 4.99 Å². The molecule has 0 unspecified atom stereocenters. The van der Waals surface area contributed by atoms with Gasteiger partial charge < -0.3 is 15.5 Å². The van der Waals surface area contributed by atoms with E-state index >= 15 is 0 Å². The molecule has 0 aliphatic heterocycles. The predicted molar refractivity (Wildman–Crippen MR) is 120 cm³/mol. The molecule has 0 saturated heterocycles. The number of aromatic nitrogens is 2. The zero-order chi connectivity index (χ0) is 20.3. The first-order chi connectivity index (χ1) is 14.3. The van der Waals surface area contributed by atoms with Crippen molar-refractivity contribution in [1.29, 1.82) is 0 Å². The zero-order valence-corrected chi connectivity index (χ0v) is 17.3. The molecule has 1 aromatic heterocycles. The van der Waals surface area contributed by atoms with Crippen molar-refractivity contribution in [3.05, 3.63) is 84.2 Å². The maximum atomic E-state index is 4.35. The molecule has 0 fully saturated rings. The van der Waals surface area contributed by atoms with Gasteiger partial charge in [-0.3, -0.25) is 9.67 Å². The zero-order valence-electron chi connectivity index (χ0n) is 17.3. The molecule has 0 saturated carbocycles. The van der Waals surface area contributed by atoms with Gasteiger partial charge in [-0.2, -0.15) is 5.10 Å². The fraction of sp³-hybridized carbons (Fsp3) is 0.304. The fourth-order valence-corrected chi connectivity index (χ4v) is 3.19. The van der Waals surface area contributed by atoms with Crippen molar-refractivity contribution >= 4 is 11.6 Å². The molecule has 2 N–H and O–H groups in total. The highest BCUT2D eigenvalue weighted by Crippen LogP contribution is 2.11. The molecule has 0 spiro atoms. The lowest BCUT2D eigenvalue weighted by molar-refractivity contribution is 0.676. The van der Waals surface area contributed by atoms with Gasteiger partial charge in [0, 0.05) is 51.8 Å². The van der Waals surface area contributed by atoms with E-state index in [0.717, 1.165) is 38.6 Å². The molecule has 0 atom stereocenters. The minimum Gasteiger partial charge on any atom is -0.375 e. The van der Waals surface area contributed by atoms with Crippen LogP contribution in [0.3, 0.4) is 0 Å². The van der Waals surface area contributed by atoms with E-state index in [0.29, 0.717) is 0 Å². The quantitative estimate of drug-likeness (QED) is 0.335. The summed E-state index contributed by atoms with van der Waals surface area (Å²) in [5, 5.41) is 11.1. The van der Waals surface area contributed by atoms with Gasteiger partial charge in [-0.05, 0) is 35.7 Å². The van der Waals surface area contributed by atoms with Crippen molar-refractivity contribution in [3.8, 4) is 0 Å². The third kappa shape index (κ3) is 6.38. The maximum Gasteiger partial charge on any atom is 0.191 e. The van der Waals surface area contributed by atoms with Gasteiger partial charge in [0.05, 0.1) is 6.54 Å². The molecule has 0 radical (unpaired) electrons. The molecule has 0 aliphatic carbocycles. The summed E-state index contributed by atoms with van der Waals surface area (Å²) in [7, 11) is 3.93. The summed E-state index contributed by atoms with van der Waals surface area (Å²) < 4.78 is 1.94. The molecule has 29 heavy (non-hydrogen) atoms. The van der Waals surface area contributed by atoms with Gasteiger partial charge >= 0.3 is 0 Å². The van der Waals surface area contributed by atoms with E-state index in [2.05, 4.69) is 81.2 Å². The standard InChI is InChI=1S/C23H30N6/c1-24-23(25-14-8-16-28(2)22-12-4-3-5-13-22)26-18-20-10-6-7-11-21(20)19-29-17-9-15-27-29/h3-7,9-13,15,17H,8,14,16,18-19H2,1-2H3,(H2,24,25,26). The van der Waals surface area contributed by atoms with Crippen LogP contribution in [-0.4, -0.2) is 42.9 Å². The van der Waals surface area contributed by atoms with E-state index in [4.69, 9.17) is 0 Å². The van der Waals surface area contributed by atoms with Gasteiger partial charge in [0.1, 0.15) is 0 Å². The summed E-state index contributed by atoms with van der Waals surface area (Å²) in [6.07, 6.45) is 4.82. The summed E-state index contributed by atoms with van der Waals surface area (Å²) in [6, 6.07) is 20.8. The van der Waals surface area contributed by atoms with Crippen LogP contribution >= 0.6 is 0 Å². The number of aliphatic imine (C=N–C) groups is 1.